The Bertz CT molecular complexity index is 1430. The fraction of sp³-hybridized carbons (Fsp3) is 0.290. The van der Waals surface area contributed by atoms with Crippen LogP contribution in [0.3, 0.4) is 0 Å². The monoisotopic (exact) mass is 530 g/mol. The first kappa shape index (κ1) is 26.2. The zero-order valence-corrected chi connectivity index (χ0v) is 22.0. The molecule has 1 heterocycles. The second-order valence-corrected chi connectivity index (χ2v) is 9.42. The van der Waals surface area contributed by atoms with Gasteiger partial charge in [0.1, 0.15) is 11.5 Å². The van der Waals surface area contributed by atoms with Gasteiger partial charge in [-0.3, -0.25) is 4.79 Å². The van der Waals surface area contributed by atoms with Gasteiger partial charge in [0.05, 0.1) is 26.7 Å². The van der Waals surface area contributed by atoms with Gasteiger partial charge in [-0.05, 0) is 76.7 Å². The molecule has 1 aliphatic carbocycles. The van der Waals surface area contributed by atoms with Crippen LogP contribution in [-0.2, 0) is 14.3 Å². The van der Waals surface area contributed by atoms with E-state index in [2.05, 4.69) is 0 Å². The number of carbonyl (C=O) groups is 2. The number of hydrogen-bond donors (Lipinski definition) is 1. The largest absolute Gasteiger partial charge is 0.497 e. The number of aliphatic carboxylic acids is 1. The topological polar surface area (TPSA) is 101 Å². The van der Waals surface area contributed by atoms with E-state index in [1.807, 2.05) is 55.5 Å². The van der Waals surface area contributed by atoms with E-state index in [1.54, 1.807) is 13.2 Å². The predicted molar refractivity (Wildman–Crippen MR) is 144 cm³/mol. The van der Waals surface area contributed by atoms with Crippen molar-refractivity contribution < 1.29 is 38.4 Å². The van der Waals surface area contributed by atoms with Crippen LogP contribution in [0.15, 0.2) is 60.7 Å². The molecule has 0 amide bonds. The minimum absolute atomic E-state index is 0.145. The molecule has 0 fully saturated rings. The van der Waals surface area contributed by atoms with Crippen molar-refractivity contribution in [2.24, 2.45) is 5.92 Å². The molecule has 39 heavy (non-hydrogen) atoms. The van der Waals surface area contributed by atoms with Gasteiger partial charge in [0.25, 0.3) is 0 Å². The van der Waals surface area contributed by atoms with Gasteiger partial charge in [-0.25, -0.2) is 4.79 Å². The highest BCUT2D eigenvalue weighted by Crippen LogP contribution is 2.55. The maximum atomic E-state index is 13.6. The average molecular weight is 531 g/mol. The molecule has 1 aliphatic heterocycles. The lowest BCUT2D eigenvalue weighted by atomic mass is 9.78. The third kappa shape index (κ3) is 5.02. The van der Waals surface area contributed by atoms with Gasteiger partial charge in [0.15, 0.2) is 11.5 Å². The van der Waals surface area contributed by atoms with E-state index < -0.39 is 17.8 Å². The molecule has 8 nitrogen and oxygen atoms in total. The van der Waals surface area contributed by atoms with Crippen molar-refractivity contribution in [1.29, 1.82) is 0 Å². The summed E-state index contributed by atoms with van der Waals surface area (Å²) in [5.41, 5.74) is 4.17. The highest BCUT2D eigenvalue weighted by molar-refractivity contribution is 5.86. The quantitative estimate of drug-likeness (QED) is 0.291. The lowest BCUT2D eigenvalue weighted by molar-refractivity contribution is -0.146. The number of fused-ring (bicyclic) bond motifs is 2. The number of rotatable bonds is 9. The molecule has 0 saturated carbocycles. The molecule has 3 atom stereocenters. The molecule has 0 radical (unpaired) electrons. The molecule has 3 aromatic carbocycles. The molecule has 0 aromatic heterocycles. The van der Waals surface area contributed by atoms with Crippen molar-refractivity contribution >= 4 is 18.0 Å². The van der Waals surface area contributed by atoms with E-state index in [-0.39, 0.29) is 18.7 Å². The Morgan fingerprint density at radius 3 is 2.44 bits per heavy atom. The molecular weight excluding hydrogens is 500 g/mol. The number of hydrogen-bond acceptors (Lipinski definition) is 7. The molecule has 1 N–H and O–H groups in total. The van der Waals surface area contributed by atoms with Crippen LogP contribution in [0, 0.1) is 5.92 Å². The number of esters is 1. The first-order valence-corrected chi connectivity index (χ1v) is 12.8. The van der Waals surface area contributed by atoms with Crippen LogP contribution in [0.5, 0.6) is 23.0 Å². The number of benzene rings is 3. The minimum Gasteiger partial charge on any atom is -0.497 e. The van der Waals surface area contributed by atoms with Crippen LogP contribution >= 0.6 is 0 Å². The molecular formula is C31H30O8. The van der Waals surface area contributed by atoms with Gasteiger partial charge in [-0.15, -0.1) is 0 Å². The molecule has 0 spiro atoms. The molecule has 202 valence electrons. The predicted octanol–water partition coefficient (Wildman–Crippen LogP) is 5.38. The lowest BCUT2D eigenvalue weighted by Crippen LogP contribution is -2.26. The van der Waals surface area contributed by atoms with Crippen LogP contribution in [0.2, 0.25) is 0 Å². The summed E-state index contributed by atoms with van der Waals surface area (Å²) in [4.78, 5) is 25.0. The van der Waals surface area contributed by atoms with Gasteiger partial charge in [-0.2, -0.15) is 0 Å². The lowest BCUT2D eigenvalue weighted by Gasteiger charge is -2.25. The fourth-order valence-electron chi connectivity index (χ4n) is 5.53. The third-order valence-corrected chi connectivity index (χ3v) is 7.18. The summed E-state index contributed by atoms with van der Waals surface area (Å²) < 4.78 is 27.9. The Balaban J connectivity index is 1.73. The second-order valence-electron chi connectivity index (χ2n) is 9.42. The summed E-state index contributed by atoms with van der Waals surface area (Å²) in [5.74, 6) is -0.348. The first-order chi connectivity index (χ1) is 18.9. The Morgan fingerprint density at radius 2 is 1.69 bits per heavy atom. The standard InChI is InChI=1S/C31H30O8/c1-4-13-37-21-8-10-23-24(16-21)29(22-9-7-20(35-2)14-18(22)6-12-27(32)33)30(31(34)36-3)28(23)19-5-11-25-26(15-19)39-17-38-25/h5-12,14-16,28-30H,4,13,17H2,1-3H3,(H,32,33)/b12-6+. The number of ether oxygens (including phenoxy) is 5. The van der Waals surface area contributed by atoms with Gasteiger partial charge < -0.3 is 28.8 Å². The molecule has 0 saturated heterocycles. The fourth-order valence-corrected chi connectivity index (χ4v) is 5.53. The third-order valence-electron chi connectivity index (χ3n) is 7.18. The number of carbonyl (C=O) groups excluding carboxylic acids is 1. The Morgan fingerprint density at radius 1 is 0.923 bits per heavy atom. The van der Waals surface area contributed by atoms with Crippen molar-refractivity contribution in [2.75, 3.05) is 27.6 Å². The van der Waals surface area contributed by atoms with Crippen molar-refractivity contribution in [3.8, 4) is 23.0 Å². The number of methoxy groups -OCH3 is 2. The summed E-state index contributed by atoms with van der Waals surface area (Å²) in [7, 11) is 2.93. The maximum absolute atomic E-state index is 13.6. The molecule has 5 rings (SSSR count). The Kier molecular flexibility index (Phi) is 7.45. The van der Waals surface area contributed by atoms with Crippen LogP contribution in [0.25, 0.3) is 6.08 Å². The van der Waals surface area contributed by atoms with Crippen LogP contribution < -0.4 is 18.9 Å². The summed E-state index contributed by atoms with van der Waals surface area (Å²) in [5, 5.41) is 9.35. The van der Waals surface area contributed by atoms with Crippen molar-refractivity contribution in [1.82, 2.24) is 0 Å². The van der Waals surface area contributed by atoms with Gasteiger partial charge in [-0.1, -0.05) is 25.1 Å². The van der Waals surface area contributed by atoms with Crippen LogP contribution in [0.1, 0.15) is 53.0 Å². The molecule has 8 heteroatoms. The zero-order valence-electron chi connectivity index (χ0n) is 22.0. The molecule has 2 aliphatic rings. The summed E-state index contributed by atoms with van der Waals surface area (Å²) >= 11 is 0. The van der Waals surface area contributed by atoms with Crippen LogP contribution in [0.4, 0.5) is 0 Å². The number of carboxylic acid groups (broad SMARTS) is 1. The van der Waals surface area contributed by atoms with E-state index in [0.29, 0.717) is 35.2 Å². The summed E-state index contributed by atoms with van der Waals surface area (Å²) in [6, 6.07) is 17.1. The van der Waals surface area contributed by atoms with E-state index in [1.165, 1.54) is 13.2 Å². The van der Waals surface area contributed by atoms with E-state index in [0.717, 1.165) is 34.8 Å². The van der Waals surface area contributed by atoms with Gasteiger partial charge in [0.2, 0.25) is 6.79 Å². The summed E-state index contributed by atoms with van der Waals surface area (Å²) in [6.45, 7) is 2.74. The number of carboxylic acids is 1. The van der Waals surface area contributed by atoms with Gasteiger partial charge in [0, 0.05) is 17.9 Å². The Hall–Kier alpha value is -4.46. The van der Waals surface area contributed by atoms with E-state index >= 15 is 0 Å². The van der Waals surface area contributed by atoms with E-state index in [4.69, 9.17) is 23.7 Å². The van der Waals surface area contributed by atoms with Gasteiger partial charge >= 0.3 is 11.9 Å². The van der Waals surface area contributed by atoms with Crippen LogP contribution in [-0.4, -0.2) is 44.7 Å². The van der Waals surface area contributed by atoms with Crippen molar-refractivity contribution in [3.05, 3.63) is 88.5 Å². The van der Waals surface area contributed by atoms with Crippen molar-refractivity contribution in [3.63, 3.8) is 0 Å². The SMILES string of the molecule is CCCOc1ccc2c(c1)C(c1ccc(OC)cc1/C=C/C(=O)O)C(C(=O)OC)C2c1ccc2c(c1)OCO2. The smallest absolute Gasteiger partial charge is 0.328 e. The molecule has 3 aromatic rings. The summed E-state index contributed by atoms with van der Waals surface area (Å²) in [6.07, 6.45) is 3.46. The normalized spacial score (nSPS) is 19.1. The minimum atomic E-state index is -1.08. The second kappa shape index (κ2) is 11.1. The maximum Gasteiger partial charge on any atom is 0.328 e. The highest BCUT2D eigenvalue weighted by atomic mass is 16.7. The van der Waals surface area contributed by atoms with Crippen molar-refractivity contribution in [2.45, 2.75) is 25.2 Å². The zero-order chi connectivity index (χ0) is 27.5. The first-order valence-electron chi connectivity index (χ1n) is 12.8. The highest BCUT2D eigenvalue weighted by Gasteiger charge is 2.48. The Labute approximate surface area is 226 Å². The van der Waals surface area contributed by atoms with E-state index in [9.17, 15) is 14.7 Å². The molecule has 0 bridgehead atoms. The average Bonchev–Trinajstić information content (AvgIpc) is 3.56. The molecule has 3 unspecified atom stereocenters.